The number of hydrogen-bond acceptors (Lipinski definition) is 3. The molecule has 2 aliphatic rings. The Bertz CT molecular complexity index is 256. The number of hydrogen-bond donors (Lipinski definition) is 1. The first-order valence-corrected chi connectivity index (χ1v) is 6.82. The highest BCUT2D eigenvalue weighted by atomic mass is 15.3. The average Bonchev–Trinajstić information content (AvgIpc) is 2.86. The van der Waals surface area contributed by atoms with Crippen molar-refractivity contribution in [3.8, 4) is 0 Å². The summed E-state index contributed by atoms with van der Waals surface area (Å²) in [4.78, 5) is 6.91. The molecule has 0 radical (unpaired) electrons. The zero-order chi connectivity index (χ0) is 11.5. The Morgan fingerprint density at radius 1 is 1.44 bits per heavy atom. The van der Waals surface area contributed by atoms with Gasteiger partial charge < -0.3 is 10.6 Å². The van der Waals surface area contributed by atoms with E-state index in [2.05, 4.69) is 23.7 Å². The van der Waals surface area contributed by atoms with Crippen LogP contribution in [-0.2, 0) is 0 Å². The summed E-state index contributed by atoms with van der Waals surface area (Å²) in [5, 5.41) is 0. The van der Waals surface area contributed by atoms with Crippen molar-refractivity contribution < 1.29 is 0 Å². The van der Waals surface area contributed by atoms with Gasteiger partial charge in [-0.25, -0.2) is 0 Å². The fourth-order valence-electron chi connectivity index (χ4n) is 3.27. The van der Waals surface area contributed by atoms with Gasteiger partial charge in [0, 0.05) is 6.04 Å². The maximum absolute atomic E-state index is 6.06. The first-order valence-electron chi connectivity index (χ1n) is 6.82. The van der Waals surface area contributed by atoms with E-state index in [9.17, 15) is 0 Å². The zero-order valence-corrected chi connectivity index (χ0v) is 10.7. The summed E-state index contributed by atoms with van der Waals surface area (Å²) in [6.07, 6.45) is 7.90. The van der Waals surface area contributed by atoms with Crippen molar-refractivity contribution >= 4 is 5.96 Å². The van der Waals surface area contributed by atoms with Crippen molar-refractivity contribution in [2.75, 3.05) is 6.54 Å². The van der Waals surface area contributed by atoms with Crippen molar-refractivity contribution in [2.45, 2.75) is 64.5 Å². The highest BCUT2D eigenvalue weighted by molar-refractivity contribution is 5.80. The Hall–Kier alpha value is -0.730. The maximum atomic E-state index is 6.06. The Morgan fingerprint density at radius 2 is 2.12 bits per heavy atom. The molecule has 1 aliphatic heterocycles. The molecule has 3 heteroatoms. The van der Waals surface area contributed by atoms with Gasteiger partial charge in [0.25, 0.3) is 0 Å². The second-order valence-corrected chi connectivity index (χ2v) is 5.38. The second-order valence-electron chi connectivity index (χ2n) is 5.38. The van der Waals surface area contributed by atoms with Crippen LogP contribution >= 0.6 is 0 Å². The molecule has 2 atom stereocenters. The van der Waals surface area contributed by atoms with E-state index in [4.69, 9.17) is 5.73 Å². The van der Waals surface area contributed by atoms with Gasteiger partial charge in [0.05, 0.1) is 12.6 Å². The molecule has 16 heavy (non-hydrogen) atoms. The van der Waals surface area contributed by atoms with Crippen LogP contribution in [-0.4, -0.2) is 29.5 Å². The monoisotopic (exact) mass is 223 g/mol. The second kappa shape index (κ2) is 5.07. The minimum absolute atomic E-state index is 0.572. The fraction of sp³-hybridized carbons (Fsp3) is 0.923. The average molecular weight is 223 g/mol. The SMILES string of the molecule is CCCC(C)C1CN=C(N)N1C1CCCC1. The van der Waals surface area contributed by atoms with Crippen LogP contribution in [0.4, 0.5) is 0 Å². The predicted molar refractivity (Wildman–Crippen MR) is 68.4 cm³/mol. The van der Waals surface area contributed by atoms with Gasteiger partial charge in [0.1, 0.15) is 0 Å². The summed E-state index contributed by atoms with van der Waals surface area (Å²) >= 11 is 0. The van der Waals surface area contributed by atoms with Gasteiger partial charge >= 0.3 is 0 Å². The largest absolute Gasteiger partial charge is 0.370 e. The third-order valence-corrected chi connectivity index (χ3v) is 4.18. The summed E-state index contributed by atoms with van der Waals surface area (Å²) in [6.45, 7) is 5.53. The van der Waals surface area contributed by atoms with Crippen molar-refractivity contribution in [3.05, 3.63) is 0 Å². The molecule has 1 fully saturated rings. The molecule has 92 valence electrons. The quantitative estimate of drug-likeness (QED) is 0.795. The number of aliphatic imine (C=N–C) groups is 1. The lowest BCUT2D eigenvalue weighted by atomic mass is 9.95. The summed E-state index contributed by atoms with van der Waals surface area (Å²) in [6, 6.07) is 1.25. The first-order chi connectivity index (χ1) is 7.74. The minimum Gasteiger partial charge on any atom is -0.370 e. The van der Waals surface area contributed by atoms with E-state index in [1.54, 1.807) is 0 Å². The summed E-state index contributed by atoms with van der Waals surface area (Å²) in [5.74, 6) is 1.52. The Morgan fingerprint density at radius 3 is 2.75 bits per heavy atom. The Kier molecular flexibility index (Phi) is 3.72. The van der Waals surface area contributed by atoms with Gasteiger partial charge in [-0.1, -0.05) is 33.1 Å². The fourth-order valence-corrected chi connectivity index (χ4v) is 3.27. The molecule has 0 spiro atoms. The molecule has 0 aromatic carbocycles. The molecule has 0 aromatic rings. The van der Waals surface area contributed by atoms with E-state index in [-0.39, 0.29) is 0 Å². The molecule has 0 bridgehead atoms. The van der Waals surface area contributed by atoms with E-state index in [1.165, 1.54) is 38.5 Å². The van der Waals surface area contributed by atoms with Crippen LogP contribution in [0.25, 0.3) is 0 Å². The van der Waals surface area contributed by atoms with Gasteiger partial charge in [0.2, 0.25) is 0 Å². The van der Waals surface area contributed by atoms with Crippen LogP contribution in [0, 0.1) is 5.92 Å². The summed E-state index contributed by atoms with van der Waals surface area (Å²) in [7, 11) is 0. The molecule has 0 amide bonds. The predicted octanol–water partition coefficient (Wildman–Crippen LogP) is 2.36. The molecule has 0 saturated heterocycles. The molecule has 1 heterocycles. The summed E-state index contributed by atoms with van der Waals surface area (Å²) < 4.78 is 0. The van der Waals surface area contributed by atoms with Crippen molar-refractivity contribution in [2.24, 2.45) is 16.6 Å². The van der Waals surface area contributed by atoms with E-state index in [0.29, 0.717) is 12.1 Å². The van der Waals surface area contributed by atoms with Crippen LogP contribution in [0.1, 0.15) is 52.4 Å². The van der Waals surface area contributed by atoms with E-state index < -0.39 is 0 Å². The number of nitrogens with zero attached hydrogens (tertiary/aromatic N) is 2. The molecule has 3 nitrogen and oxygen atoms in total. The molecule has 1 aliphatic carbocycles. The number of nitrogens with two attached hydrogens (primary N) is 1. The van der Waals surface area contributed by atoms with E-state index in [0.717, 1.165) is 18.4 Å². The molecule has 2 unspecified atom stereocenters. The number of rotatable bonds is 4. The highest BCUT2D eigenvalue weighted by Crippen LogP contribution is 2.30. The van der Waals surface area contributed by atoms with Crippen molar-refractivity contribution in [1.29, 1.82) is 0 Å². The van der Waals surface area contributed by atoms with Crippen LogP contribution in [0.15, 0.2) is 4.99 Å². The van der Waals surface area contributed by atoms with E-state index >= 15 is 0 Å². The lowest BCUT2D eigenvalue weighted by molar-refractivity contribution is 0.198. The lowest BCUT2D eigenvalue weighted by Gasteiger charge is -2.35. The first kappa shape index (κ1) is 11.7. The number of guanidine groups is 1. The summed E-state index contributed by atoms with van der Waals surface area (Å²) in [5.41, 5.74) is 6.06. The Balaban J connectivity index is 2.02. The minimum atomic E-state index is 0.572. The zero-order valence-electron chi connectivity index (χ0n) is 10.7. The van der Waals surface area contributed by atoms with E-state index in [1.807, 2.05) is 0 Å². The maximum Gasteiger partial charge on any atom is 0.191 e. The third kappa shape index (κ3) is 2.18. The molecule has 0 aromatic heterocycles. The smallest absolute Gasteiger partial charge is 0.191 e. The van der Waals surface area contributed by atoms with Gasteiger partial charge in [-0.3, -0.25) is 4.99 Å². The normalized spacial score (nSPS) is 28.5. The molecule has 2 N–H and O–H groups in total. The molecular weight excluding hydrogens is 198 g/mol. The topological polar surface area (TPSA) is 41.6 Å². The molecule has 2 rings (SSSR count). The lowest BCUT2D eigenvalue weighted by Crippen LogP contribution is -2.49. The standard InChI is InChI=1S/C13H25N3/c1-3-6-10(2)12-9-15-13(14)16(12)11-7-4-5-8-11/h10-12H,3-9H2,1-2H3,(H2,14,15). The highest BCUT2D eigenvalue weighted by Gasteiger charge is 2.36. The third-order valence-electron chi connectivity index (χ3n) is 4.18. The van der Waals surface area contributed by atoms with Crippen LogP contribution in [0.2, 0.25) is 0 Å². The van der Waals surface area contributed by atoms with Gasteiger partial charge in [-0.05, 0) is 25.2 Å². The molecular formula is C13H25N3. The molecule has 1 saturated carbocycles. The van der Waals surface area contributed by atoms with Gasteiger partial charge in [-0.2, -0.15) is 0 Å². The van der Waals surface area contributed by atoms with Gasteiger partial charge in [0.15, 0.2) is 5.96 Å². The van der Waals surface area contributed by atoms with Crippen LogP contribution in [0.3, 0.4) is 0 Å². The van der Waals surface area contributed by atoms with Gasteiger partial charge in [-0.15, -0.1) is 0 Å². The van der Waals surface area contributed by atoms with Crippen LogP contribution < -0.4 is 5.73 Å². The Labute approximate surface area is 99.1 Å². The van der Waals surface area contributed by atoms with Crippen molar-refractivity contribution in [1.82, 2.24) is 4.90 Å². The van der Waals surface area contributed by atoms with Crippen molar-refractivity contribution in [3.63, 3.8) is 0 Å². The van der Waals surface area contributed by atoms with Crippen LogP contribution in [0.5, 0.6) is 0 Å².